The molecule has 1 amide bonds. The maximum Gasteiger partial charge on any atom is 0.255 e. The van der Waals surface area contributed by atoms with E-state index >= 15 is 0 Å². The molecule has 2 aromatic carbocycles. The van der Waals surface area contributed by atoms with Crippen molar-refractivity contribution in [2.75, 3.05) is 48.4 Å². The number of pyridine rings is 1. The summed E-state index contributed by atoms with van der Waals surface area (Å²) in [4.78, 5) is 21.6. The molecule has 0 saturated carbocycles. The maximum atomic E-state index is 12.4. The molecule has 0 atom stereocenters. The van der Waals surface area contributed by atoms with Gasteiger partial charge in [-0.15, -0.1) is 0 Å². The Morgan fingerprint density at radius 2 is 1.63 bits per heavy atom. The van der Waals surface area contributed by atoms with Gasteiger partial charge in [0.1, 0.15) is 11.6 Å². The topological polar surface area (TPSA) is 57.7 Å². The molecule has 1 saturated heterocycles. The van der Waals surface area contributed by atoms with E-state index in [-0.39, 0.29) is 5.91 Å². The summed E-state index contributed by atoms with van der Waals surface area (Å²) in [6.45, 7) is 3.88. The van der Waals surface area contributed by atoms with Gasteiger partial charge < -0.3 is 19.9 Å². The Labute approximate surface area is 177 Å². The molecule has 4 rings (SSSR count). The first-order valence-corrected chi connectivity index (χ1v) is 10.2. The first kappa shape index (κ1) is 19.8. The molecule has 1 aromatic heterocycles. The number of aromatic nitrogens is 1. The smallest absolute Gasteiger partial charge is 0.255 e. The number of methoxy groups -OCH3 is 1. The van der Waals surface area contributed by atoms with Crippen LogP contribution >= 0.6 is 0 Å². The van der Waals surface area contributed by atoms with Crippen molar-refractivity contribution in [3.05, 3.63) is 78.5 Å². The van der Waals surface area contributed by atoms with Crippen LogP contribution in [0.3, 0.4) is 0 Å². The van der Waals surface area contributed by atoms with Crippen LogP contribution in [-0.2, 0) is 0 Å². The van der Waals surface area contributed by atoms with Gasteiger partial charge in [0.25, 0.3) is 5.91 Å². The number of hydrogen-bond acceptors (Lipinski definition) is 5. The number of carbonyl (C=O) groups is 1. The van der Waals surface area contributed by atoms with E-state index in [1.54, 1.807) is 31.4 Å². The van der Waals surface area contributed by atoms with Crippen LogP contribution in [0.5, 0.6) is 5.75 Å². The fourth-order valence-corrected chi connectivity index (χ4v) is 3.65. The van der Waals surface area contributed by atoms with Crippen molar-refractivity contribution in [1.29, 1.82) is 0 Å². The van der Waals surface area contributed by atoms with Crippen molar-refractivity contribution < 1.29 is 9.53 Å². The molecule has 2 heterocycles. The number of nitrogens with one attached hydrogen (secondary N) is 1. The summed E-state index contributed by atoms with van der Waals surface area (Å²) >= 11 is 0. The minimum Gasteiger partial charge on any atom is -0.497 e. The number of hydrogen-bond donors (Lipinski definition) is 1. The van der Waals surface area contributed by atoms with Gasteiger partial charge in [-0.3, -0.25) is 4.79 Å². The largest absolute Gasteiger partial charge is 0.497 e. The molecule has 6 heteroatoms. The molecule has 1 fully saturated rings. The van der Waals surface area contributed by atoms with E-state index < -0.39 is 0 Å². The van der Waals surface area contributed by atoms with Gasteiger partial charge in [0.05, 0.1) is 7.11 Å². The molecule has 0 unspecified atom stereocenters. The molecule has 0 aliphatic carbocycles. The van der Waals surface area contributed by atoms with E-state index in [9.17, 15) is 4.79 Å². The maximum absolute atomic E-state index is 12.4. The lowest BCUT2D eigenvalue weighted by Gasteiger charge is -2.24. The van der Waals surface area contributed by atoms with Crippen LogP contribution < -0.4 is 19.9 Å². The number of anilines is 3. The highest BCUT2D eigenvalue weighted by atomic mass is 16.5. The van der Waals surface area contributed by atoms with Crippen LogP contribution in [0.15, 0.2) is 72.9 Å². The molecule has 1 aliphatic heterocycles. The van der Waals surface area contributed by atoms with Crippen LogP contribution in [-0.4, -0.2) is 44.2 Å². The highest BCUT2D eigenvalue weighted by molar-refractivity contribution is 6.04. The second kappa shape index (κ2) is 9.31. The monoisotopic (exact) mass is 402 g/mol. The minimum atomic E-state index is -0.133. The van der Waals surface area contributed by atoms with Gasteiger partial charge in [0, 0.05) is 49.3 Å². The second-order valence-electron chi connectivity index (χ2n) is 7.25. The van der Waals surface area contributed by atoms with Gasteiger partial charge in [0.15, 0.2) is 0 Å². The summed E-state index contributed by atoms with van der Waals surface area (Å²) < 4.78 is 5.14. The lowest BCUT2D eigenvalue weighted by molar-refractivity contribution is 0.102. The normalized spacial score (nSPS) is 14.2. The summed E-state index contributed by atoms with van der Waals surface area (Å²) in [5, 5.41) is 2.95. The molecule has 154 valence electrons. The average Bonchev–Trinajstić information content (AvgIpc) is 3.07. The van der Waals surface area contributed by atoms with Gasteiger partial charge in [0.2, 0.25) is 0 Å². The van der Waals surface area contributed by atoms with E-state index in [0.29, 0.717) is 5.56 Å². The van der Waals surface area contributed by atoms with E-state index in [0.717, 1.165) is 49.9 Å². The summed E-state index contributed by atoms with van der Waals surface area (Å²) in [7, 11) is 1.61. The quantitative estimate of drug-likeness (QED) is 0.698. The molecule has 30 heavy (non-hydrogen) atoms. The van der Waals surface area contributed by atoms with Gasteiger partial charge in [-0.05, 0) is 67.1 Å². The fraction of sp³-hybridized carbons (Fsp3) is 0.250. The van der Waals surface area contributed by atoms with E-state index in [1.807, 2.05) is 30.5 Å². The van der Waals surface area contributed by atoms with E-state index in [2.05, 4.69) is 38.3 Å². The van der Waals surface area contributed by atoms with Gasteiger partial charge in [-0.2, -0.15) is 0 Å². The minimum absolute atomic E-state index is 0.133. The molecule has 0 bridgehead atoms. The Morgan fingerprint density at radius 3 is 2.33 bits per heavy atom. The third-order valence-electron chi connectivity index (χ3n) is 5.31. The molecular formula is C24H26N4O2. The van der Waals surface area contributed by atoms with Crippen molar-refractivity contribution in [3.8, 4) is 5.75 Å². The summed E-state index contributed by atoms with van der Waals surface area (Å²) in [5.74, 6) is 1.64. The van der Waals surface area contributed by atoms with E-state index in [4.69, 9.17) is 4.74 Å². The number of nitrogens with zero attached hydrogens (tertiary/aromatic N) is 3. The summed E-state index contributed by atoms with van der Waals surface area (Å²) in [6.07, 6.45) is 2.92. The van der Waals surface area contributed by atoms with Crippen molar-refractivity contribution in [1.82, 2.24) is 4.98 Å². The molecule has 1 aliphatic rings. The Hall–Kier alpha value is -3.54. The highest BCUT2D eigenvalue weighted by Crippen LogP contribution is 2.22. The molecule has 0 radical (unpaired) electrons. The van der Waals surface area contributed by atoms with Gasteiger partial charge in [-0.1, -0.05) is 6.07 Å². The Bertz CT molecular complexity index is 959. The SMILES string of the molecule is COc1ccc(C(=O)Nc2ccc(N3CCCN(c4ccccn4)CC3)cc2)cc1. The molecular weight excluding hydrogens is 376 g/mol. The Kier molecular flexibility index (Phi) is 6.13. The standard InChI is InChI=1S/C24H26N4O2/c1-30-22-12-6-19(7-13-22)24(29)26-20-8-10-21(11-9-20)27-15-4-16-28(18-17-27)23-5-2-3-14-25-23/h2-3,5-14H,4,15-18H2,1H3,(H,26,29). The summed E-state index contributed by atoms with van der Waals surface area (Å²) in [5.41, 5.74) is 2.55. The first-order valence-electron chi connectivity index (χ1n) is 10.2. The second-order valence-corrected chi connectivity index (χ2v) is 7.25. The van der Waals surface area contributed by atoms with Crippen LogP contribution in [0.4, 0.5) is 17.2 Å². The van der Waals surface area contributed by atoms with Crippen LogP contribution in [0, 0.1) is 0 Å². The average molecular weight is 402 g/mol. The molecule has 6 nitrogen and oxygen atoms in total. The highest BCUT2D eigenvalue weighted by Gasteiger charge is 2.16. The third kappa shape index (κ3) is 4.71. The van der Waals surface area contributed by atoms with Crippen molar-refractivity contribution in [2.24, 2.45) is 0 Å². The molecule has 0 spiro atoms. The molecule has 3 aromatic rings. The van der Waals surface area contributed by atoms with Crippen LogP contribution in [0.2, 0.25) is 0 Å². The van der Waals surface area contributed by atoms with Crippen molar-refractivity contribution >= 4 is 23.1 Å². The van der Waals surface area contributed by atoms with Gasteiger partial charge >= 0.3 is 0 Å². The van der Waals surface area contributed by atoms with Crippen molar-refractivity contribution in [2.45, 2.75) is 6.42 Å². The first-order chi connectivity index (χ1) is 14.7. The molecule has 1 N–H and O–H groups in total. The third-order valence-corrected chi connectivity index (χ3v) is 5.31. The lowest BCUT2D eigenvalue weighted by atomic mass is 10.2. The van der Waals surface area contributed by atoms with Crippen LogP contribution in [0.1, 0.15) is 16.8 Å². The van der Waals surface area contributed by atoms with Crippen LogP contribution in [0.25, 0.3) is 0 Å². The number of benzene rings is 2. The number of ether oxygens (including phenoxy) is 1. The van der Waals surface area contributed by atoms with Gasteiger partial charge in [-0.25, -0.2) is 4.98 Å². The lowest BCUT2D eigenvalue weighted by Crippen LogP contribution is -2.31. The number of rotatable bonds is 5. The fourth-order valence-electron chi connectivity index (χ4n) is 3.65. The van der Waals surface area contributed by atoms with E-state index in [1.165, 1.54) is 5.69 Å². The number of carbonyl (C=O) groups excluding carboxylic acids is 1. The number of amides is 1. The van der Waals surface area contributed by atoms with Crippen molar-refractivity contribution in [3.63, 3.8) is 0 Å². The predicted molar refractivity (Wildman–Crippen MR) is 121 cm³/mol. The zero-order valence-corrected chi connectivity index (χ0v) is 17.1. The zero-order chi connectivity index (χ0) is 20.8. The predicted octanol–water partition coefficient (Wildman–Crippen LogP) is 4.06. The Morgan fingerprint density at radius 1 is 0.900 bits per heavy atom. The zero-order valence-electron chi connectivity index (χ0n) is 17.1. The Balaban J connectivity index is 1.36. The summed E-state index contributed by atoms with van der Waals surface area (Å²) in [6, 6.07) is 21.2.